The van der Waals surface area contributed by atoms with E-state index >= 15 is 0 Å². The Balaban J connectivity index is 1.71. The first-order valence-corrected chi connectivity index (χ1v) is 7.66. The number of aryl methyl sites for hydroxylation is 1. The molecule has 7 nitrogen and oxygen atoms in total. The van der Waals surface area contributed by atoms with Crippen LogP contribution in [0, 0.1) is 6.92 Å². The Hall–Kier alpha value is -2.57. The van der Waals surface area contributed by atoms with Gasteiger partial charge in [0.2, 0.25) is 0 Å². The molecule has 0 spiro atoms. The zero-order valence-corrected chi connectivity index (χ0v) is 13.3. The van der Waals surface area contributed by atoms with E-state index < -0.39 is 0 Å². The largest absolute Gasteiger partial charge is 0.496 e. The van der Waals surface area contributed by atoms with Crippen LogP contribution < -0.4 is 10.1 Å². The molecule has 23 heavy (non-hydrogen) atoms. The van der Waals surface area contributed by atoms with Gasteiger partial charge in [0.1, 0.15) is 17.1 Å². The van der Waals surface area contributed by atoms with E-state index in [0.717, 1.165) is 30.7 Å². The fourth-order valence-corrected chi connectivity index (χ4v) is 2.95. The van der Waals surface area contributed by atoms with Gasteiger partial charge < -0.3 is 15.0 Å². The van der Waals surface area contributed by atoms with Crippen molar-refractivity contribution in [1.82, 2.24) is 20.5 Å². The molecule has 0 radical (unpaired) electrons. The predicted molar refractivity (Wildman–Crippen MR) is 82.9 cm³/mol. The van der Waals surface area contributed by atoms with E-state index in [1.54, 1.807) is 14.0 Å². The highest BCUT2D eigenvalue weighted by atomic mass is 16.6. The van der Waals surface area contributed by atoms with Crippen LogP contribution in [-0.4, -0.2) is 34.9 Å². The maximum absolute atomic E-state index is 12.5. The number of nitrogens with zero attached hydrogens (tertiary/aromatic N) is 3. The summed E-state index contributed by atoms with van der Waals surface area (Å²) < 4.78 is 10.1. The Kier molecular flexibility index (Phi) is 4.45. The normalized spacial score (nSPS) is 17.3. The third-order valence-corrected chi connectivity index (χ3v) is 4.17. The van der Waals surface area contributed by atoms with E-state index in [0.29, 0.717) is 17.9 Å². The summed E-state index contributed by atoms with van der Waals surface area (Å²) in [4.78, 5) is 14.4. The molecule has 1 aromatic heterocycles. The van der Waals surface area contributed by atoms with E-state index in [9.17, 15) is 4.79 Å². The molecular formula is C16H20N4O3. The first kappa shape index (κ1) is 15.3. The van der Waals surface area contributed by atoms with E-state index in [4.69, 9.17) is 4.74 Å². The van der Waals surface area contributed by atoms with Crippen LogP contribution >= 0.6 is 0 Å². The van der Waals surface area contributed by atoms with Crippen molar-refractivity contribution in [3.63, 3.8) is 0 Å². The Morgan fingerprint density at radius 1 is 1.43 bits per heavy atom. The van der Waals surface area contributed by atoms with Gasteiger partial charge in [-0.1, -0.05) is 28.5 Å². The minimum absolute atomic E-state index is 0.0303. The lowest BCUT2D eigenvalue weighted by Crippen LogP contribution is -2.39. The van der Waals surface area contributed by atoms with Crippen molar-refractivity contribution in [1.29, 1.82) is 0 Å². The van der Waals surface area contributed by atoms with Crippen LogP contribution in [0.3, 0.4) is 0 Å². The van der Waals surface area contributed by atoms with Crippen LogP contribution in [0.25, 0.3) is 0 Å². The second-order valence-corrected chi connectivity index (χ2v) is 5.55. The van der Waals surface area contributed by atoms with E-state index in [2.05, 4.69) is 20.3 Å². The summed E-state index contributed by atoms with van der Waals surface area (Å²) in [7, 11) is 1.65. The van der Waals surface area contributed by atoms with Crippen molar-refractivity contribution >= 4 is 6.03 Å². The van der Waals surface area contributed by atoms with Gasteiger partial charge in [0, 0.05) is 12.1 Å². The van der Waals surface area contributed by atoms with Gasteiger partial charge in [0.05, 0.1) is 19.7 Å². The summed E-state index contributed by atoms with van der Waals surface area (Å²) in [5.41, 5.74) is 2.38. The number of amides is 2. The van der Waals surface area contributed by atoms with Crippen molar-refractivity contribution in [2.45, 2.75) is 32.4 Å². The van der Waals surface area contributed by atoms with Crippen LogP contribution in [-0.2, 0) is 6.54 Å². The molecule has 2 heterocycles. The summed E-state index contributed by atoms with van der Waals surface area (Å²) in [6.45, 7) is 2.83. The van der Waals surface area contributed by atoms with E-state index in [1.807, 2.05) is 29.2 Å². The summed E-state index contributed by atoms with van der Waals surface area (Å²) in [5, 5.41) is 10.4. The molecule has 1 N–H and O–H groups in total. The molecule has 1 atom stereocenters. The number of nitrogens with one attached hydrogen (secondary N) is 1. The molecule has 1 fully saturated rings. The number of rotatable bonds is 4. The zero-order chi connectivity index (χ0) is 16.2. The quantitative estimate of drug-likeness (QED) is 0.937. The van der Waals surface area contributed by atoms with Gasteiger partial charge in [0.25, 0.3) is 0 Å². The van der Waals surface area contributed by atoms with Gasteiger partial charge >= 0.3 is 6.03 Å². The summed E-state index contributed by atoms with van der Waals surface area (Å²) in [5.74, 6) is 0.814. The fraction of sp³-hybridized carbons (Fsp3) is 0.438. The highest BCUT2D eigenvalue weighted by Gasteiger charge is 2.31. The lowest BCUT2D eigenvalue weighted by molar-refractivity contribution is 0.191. The van der Waals surface area contributed by atoms with Gasteiger partial charge in [-0.2, -0.15) is 0 Å². The number of para-hydroxylation sites is 1. The van der Waals surface area contributed by atoms with Crippen LogP contribution in [0.15, 0.2) is 28.9 Å². The minimum atomic E-state index is -0.110. The number of carbonyl (C=O) groups excluding carboxylic acids is 1. The van der Waals surface area contributed by atoms with Gasteiger partial charge in [0.15, 0.2) is 0 Å². The summed E-state index contributed by atoms with van der Waals surface area (Å²) >= 11 is 0. The fourth-order valence-electron chi connectivity index (χ4n) is 2.95. The average Bonchev–Trinajstić information content (AvgIpc) is 3.21. The molecule has 122 valence electrons. The van der Waals surface area contributed by atoms with E-state index in [1.165, 1.54) is 0 Å². The molecule has 1 unspecified atom stereocenters. The first-order chi connectivity index (χ1) is 11.2. The Labute approximate surface area is 134 Å². The number of urea groups is 1. The molecule has 1 saturated heterocycles. The zero-order valence-electron chi connectivity index (χ0n) is 13.3. The Bertz CT molecular complexity index is 685. The number of hydrogen-bond acceptors (Lipinski definition) is 5. The van der Waals surface area contributed by atoms with Crippen molar-refractivity contribution in [2.75, 3.05) is 13.7 Å². The molecule has 0 saturated carbocycles. The minimum Gasteiger partial charge on any atom is -0.496 e. The lowest BCUT2D eigenvalue weighted by Gasteiger charge is -2.26. The molecule has 1 aromatic carbocycles. The van der Waals surface area contributed by atoms with Gasteiger partial charge in [-0.15, -0.1) is 0 Å². The van der Waals surface area contributed by atoms with Crippen LogP contribution in [0.1, 0.15) is 35.8 Å². The molecule has 3 rings (SSSR count). The maximum atomic E-state index is 12.5. The SMILES string of the molecule is COc1ccccc1C1CCCN1C(=O)NCc1nonc1C. The van der Waals surface area contributed by atoms with Gasteiger partial charge in [-0.25, -0.2) is 9.42 Å². The molecule has 1 aliphatic rings. The number of benzene rings is 1. The number of hydrogen-bond donors (Lipinski definition) is 1. The molecule has 2 aromatic rings. The standard InChI is InChI=1S/C16H20N4O3/c1-11-13(19-23-18-11)10-17-16(21)20-9-5-7-14(20)12-6-3-4-8-15(12)22-2/h3-4,6,8,14H,5,7,9-10H2,1-2H3,(H,17,21). The molecular weight excluding hydrogens is 296 g/mol. The van der Waals surface area contributed by atoms with Crippen LogP contribution in [0.2, 0.25) is 0 Å². The number of likely N-dealkylation sites (tertiary alicyclic amines) is 1. The smallest absolute Gasteiger partial charge is 0.318 e. The molecule has 1 aliphatic heterocycles. The van der Waals surface area contributed by atoms with Crippen molar-refractivity contribution < 1.29 is 14.2 Å². The van der Waals surface area contributed by atoms with Crippen molar-refractivity contribution in [3.05, 3.63) is 41.2 Å². The number of ether oxygens (including phenoxy) is 1. The Morgan fingerprint density at radius 2 is 2.26 bits per heavy atom. The average molecular weight is 316 g/mol. The second-order valence-electron chi connectivity index (χ2n) is 5.55. The summed E-state index contributed by atoms with van der Waals surface area (Å²) in [6, 6.07) is 7.76. The third-order valence-electron chi connectivity index (χ3n) is 4.17. The van der Waals surface area contributed by atoms with Crippen molar-refractivity contribution in [3.8, 4) is 5.75 Å². The van der Waals surface area contributed by atoms with Crippen LogP contribution in [0.4, 0.5) is 4.79 Å². The van der Waals surface area contributed by atoms with Crippen molar-refractivity contribution in [2.24, 2.45) is 0 Å². The predicted octanol–water partition coefficient (Wildman–Crippen LogP) is 2.43. The highest BCUT2D eigenvalue weighted by molar-refractivity contribution is 5.75. The lowest BCUT2D eigenvalue weighted by atomic mass is 10.0. The maximum Gasteiger partial charge on any atom is 0.318 e. The molecule has 2 amide bonds. The Morgan fingerprint density at radius 3 is 3.00 bits per heavy atom. The summed E-state index contributed by atoms with van der Waals surface area (Å²) in [6.07, 6.45) is 1.90. The second kappa shape index (κ2) is 6.68. The molecule has 0 bridgehead atoms. The van der Waals surface area contributed by atoms with Gasteiger partial charge in [-0.3, -0.25) is 0 Å². The number of aromatic nitrogens is 2. The third kappa shape index (κ3) is 3.13. The number of methoxy groups -OCH3 is 1. The van der Waals surface area contributed by atoms with Crippen LogP contribution in [0.5, 0.6) is 5.75 Å². The molecule has 0 aliphatic carbocycles. The monoisotopic (exact) mass is 316 g/mol. The number of carbonyl (C=O) groups is 1. The molecule has 7 heteroatoms. The highest BCUT2D eigenvalue weighted by Crippen LogP contribution is 2.36. The first-order valence-electron chi connectivity index (χ1n) is 7.66. The van der Waals surface area contributed by atoms with E-state index in [-0.39, 0.29) is 12.1 Å². The topological polar surface area (TPSA) is 80.5 Å². The van der Waals surface area contributed by atoms with Gasteiger partial charge in [-0.05, 0) is 25.8 Å².